The van der Waals surface area contributed by atoms with Crippen LogP contribution < -0.4 is 20.1 Å². The van der Waals surface area contributed by atoms with E-state index in [1.54, 1.807) is 14.2 Å². The highest BCUT2D eigenvalue weighted by molar-refractivity contribution is 5.74. The van der Waals surface area contributed by atoms with Crippen molar-refractivity contribution in [1.29, 1.82) is 0 Å². The minimum atomic E-state index is -0.140. The molecule has 2 N–H and O–H groups in total. The molecule has 132 valence electrons. The molecule has 3 rings (SSSR count). The fourth-order valence-electron chi connectivity index (χ4n) is 3.21. The molecule has 1 aliphatic heterocycles. The van der Waals surface area contributed by atoms with Gasteiger partial charge in [0.1, 0.15) is 0 Å². The molecule has 1 heterocycles. The van der Waals surface area contributed by atoms with Crippen molar-refractivity contribution in [2.75, 3.05) is 34.0 Å². The zero-order valence-electron chi connectivity index (χ0n) is 14.4. The quantitative estimate of drug-likeness (QED) is 0.837. The summed E-state index contributed by atoms with van der Waals surface area (Å²) in [5, 5.41) is 6.03. The molecular formula is C18H26N2O4. The SMILES string of the molecule is COc1ccc(C2(CNC(=O)NC3CC3)CCOCC2)cc1OC. The average Bonchev–Trinajstić information content (AvgIpc) is 3.44. The van der Waals surface area contributed by atoms with Gasteiger partial charge in [-0.25, -0.2) is 4.79 Å². The Morgan fingerprint density at radius 1 is 1.21 bits per heavy atom. The maximum atomic E-state index is 12.0. The van der Waals surface area contributed by atoms with E-state index in [0.29, 0.717) is 37.3 Å². The largest absolute Gasteiger partial charge is 0.493 e. The molecule has 6 heteroatoms. The van der Waals surface area contributed by atoms with Crippen LogP contribution >= 0.6 is 0 Å². The molecule has 6 nitrogen and oxygen atoms in total. The van der Waals surface area contributed by atoms with Crippen molar-refractivity contribution in [3.63, 3.8) is 0 Å². The van der Waals surface area contributed by atoms with Gasteiger partial charge in [-0.2, -0.15) is 0 Å². The number of ether oxygens (including phenoxy) is 3. The van der Waals surface area contributed by atoms with Crippen molar-refractivity contribution < 1.29 is 19.0 Å². The highest BCUT2D eigenvalue weighted by Crippen LogP contribution is 2.38. The second kappa shape index (κ2) is 7.30. The summed E-state index contributed by atoms with van der Waals surface area (Å²) in [5.41, 5.74) is 1.01. The molecule has 1 aromatic rings. The van der Waals surface area contributed by atoms with Crippen molar-refractivity contribution in [2.24, 2.45) is 0 Å². The smallest absolute Gasteiger partial charge is 0.315 e. The molecule has 1 saturated carbocycles. The Hall–Kier alpha value is -1.95. The second-order valence-electron chi connectivity index (χ2n) is 6.56. The molecule has 0 aromatic heterocycles. The number of urea groups is 1. The van der Waals surface area contributed by atoms with Crippen LogP contribution in [0.4, 0.5) is 4.79 Å². The first kappa shape index (κ1) is 16.9. The van der Waals surface area contributed by atoms with Gasteiger partial charge in [0.2, 0.25) is 0 Å². The Morgan fingerprint density at radius 2 is 1.92 bits per heavy atom. The van der Waals surface area contributed by atoms with Crippen LogP contribution in [-0.2, 0) is 10.2 Å². The topological polar surface area (TPSA) is 68.8 Å². The number of benzene rings is 1. The van der Waals surface area contributed by atoms with E-state index >= 15 is 0 Å². The lowest BCUT2D eigenvalue weighted by Gasteiger charge is -2.38. The molecular weight excluding hydrogens is 308 g/mol. The summed E-state index contributed by atoms with van der Waals surface area (Å²) in [5.74, 6) is 1.42. The number of nitrogens with one attached hydrogen (secondary N) is 2. The lowest BCUT2D eigenvalue weighted by molar-refractivity contribution is 0.0506. The Labute approximate surface area is 142 Å². The maximum Gasteiger partial charge on any atom is 0.315 e. The van der Waals surface area contributed by atoms with Gasteiger partial charge in [-0.05, 0) is 43.4 Å². The standard InChI is InChI=1S/C18H26N2O4/c1-22-15-6-3-13(11-16(15)23-2)18(7-9-24-10-8-18)12-19-17(21)20-14-4-5-14/h3,6,11,14H,4-5,7-10,12H2,1-2H3,(H2,19,20,21). The van der Waals surface area contributed by atoms with E-state index < -0.39 is 0 Å². The van der Waals surface area contributed by atoms with Crippen molar-refractivity contribution in [1.82, 2.24) is 10.6 Å². The minimum absolute atomic E-state index is 0.0798. The third-order valence-corrected chi connectivity index (χ3v) is 4.95. The van der Waals surface area contributed by atoms with E-state index in [2.05, 4.69) is 16.7 Å². The number of rotatable bonds is 6. The zero-order valence-corrected chi connectivity index (χ0v) is 14.4. The summed E-state index contributed by atoms with van der Waals surface area (Å²) >= 11 is 0. The van der Waals surface area contributed by atoms with Crippen molar-refractivity contribution >= 4 is 6.03 Å². The van der Waals surface area contributed by atoms with Gasteiger partial charge in [0, 0.05) is 31.2 Å². The average molecular weight is 334 g/mol. The third-order valence-electron chi connectivity index (χ3n) is 4.95. The molecule has 1 saturated heterocycles. The van der Waals surface area contributed by atoms with Gasteiger partial charge in [0.15, 0.2) is 11.5 Å². The summed E-state index contributed by atoms with van der Waals surface area (Å²) in [7, 11) is 3.27. The number of hydrogen-bond acceptors (Lipinski definition) is 4. The van der Waals surface area contributed by atoms with E-state index in [-0.39, 0.29) is 11.4 Å². The van der Waals surface area contributed by atoms with Crippen LogP contribution in [0.25, 0.3) is 0 Å². The number of carbonyl (C=O) groups is 1. The molecule has 0 spiro atoms. The van der Waals surface area contributed by atoms with Crippen LogP contribution in [0, 0.1) is 0 Å². The van der Waals surface area contributed by atoms with Gasteiger partial charge in [-0.15, -0.1) is 0 Å². The van der Waals surface area contributed by atoms with E-state index in [1.807, 2.05) is 12.1 Å². The number of amides is 2. The molecule has 24 heavy (non-hydrogen) atoms. The van der Waals surface area contributed by atoms with Crippen LogP contribution in [0.2, 0.25) is 0 Å². The van der Waals surface area contributed by atoms with Crippen LogP contribution in [0.1, 0.15) is 31.2 Å². The van der Waals surface area contributed by atoms with E-state index in [0.717, 1.165) is 31.2 Å². The number of carbonyl (C=O) groups excluding carboxylic acids is 1. The van der Waals surface area contributed by atoms with Gasteiger partial charge in [-0.1, -0.05) is 6.07 Å². The maximum absolute atomic E-state index is 12.0. The first-order valence-corrected chi connectivity index (χ1v) is 8.51. The monoisotopic (exact) mass is 334 g/mol. The summed E-state index contributed by atoms with van der Waals surface area (Å²) in [4.78, 5) is 12.0. The van der Waals surface area contributed by atoms with E-state index in [1.165, 1.54) is 0 Å². The van der Waals surface area contributed by atoms with Gasteiger partial charge in [-0.3, -0.25) is 0 Å². The second-order valence-corrected chi connectivity index (χ2v) is 6.56. The fraction of sp³-hybridized carbons (Fsp3) is 0.611. The Balaban J connectivity index is 1.78. The number of hydrogen-bond donors (Lipinski definition) is 2. The van der Waals surface area contributed by atoms with Gasteiger partial charge in [0.05, 0.1) is 14.2 Å². The predicted molar refractivity (Wildman–Crippen MR) is 90.8 cm³/mol. The predicted octanol–water partition coefficient (Wildman–Crippen LogP) is 2.21. The van der Waals surface area contributed by atoms with Crippen molar-refractivity contribution in [3.05, 3.63) is 23.8 Å². The molecule has 0 atom stereocenters. The molecule has 2 amide bonds. The zero-order chi connectivity index (χ0) is 17.0. The van der Waals surface area contributed by atoms with E-state index in [4.69, 9.17) is 14.2 Å². The van der Waals surface area contributed by atoms with Crippen molar-refractivity contribution in [2.45, 2.75) is 37.1 Å². The van der Waals surface area contributed by atoms with Crippen LogP contribution in [0.15, 0.2) is 18.2 Å². The lowest BCUT2D eigenvalue weighted by atomic mass is 9.74. The first-order chi connectivity index (χ1) is 11.7. The summed E-state index contributed by atoms with van der Waals surface area (Å²) in [6.07, 6.45) is 3.91. The Bertz CT molecular complexity index is 580. The third kappa shape index (κ3) is 3.75. The van der Waals surface area contributed by atoms with Crippen LogP contribution in [0.3, 0.4) is 0 Å². The molecule has 0 bridgehead atoms. The molecule has 2 fully saturated rings. The van der Waals surface area contributed by atoms with Gasteiger partial charge >= 0.3 is 6.03 Å². The molecule has 0 unspecified atom stereocenters. The molecule has 0 radical (unpaired) electrons. The van der Waals surface area contributed by atoms with Gasteiger partial charge in [0.25, 0.3) is 0 Å². The minimum Gasteiger partial charge on any atom is -0.493 e. The summed E-state index contributed by atoms with van der Waals surface area (Å²) in [6.45, 7) is 1.98. The highest BCUT2D eigenvalue weighted by atomic mass is 16.5. The molecule has 1 aromatic carbocycles. The van der Waals surface area contributed by atoms with Crippen molar-refractivity contribution in [3.8, 4) is 11.5 Å². The Morgan fingerprint density at radius 3 is 2.54 bits per heavy atom. The summed E-state index contributed by atoms with van der Waals surface area (Å²) in [6, 6.07) is 6.29. The molecule has 2 aliphatic rings. The lowest BCUT2D eigenvalue weighted by Crippen LogP contribution is -2.47. The summed E-state index contributed by atoms with van der Waals surface area (Å²) < 4.78 is 16.3. The normalized spacial score (nSPS) is 19.4. The van der Waals surface area contributed by atoms with Crippen LogP contribution in [-0.4, -0.2) is 46.1 Å². The number of methoxy groups -OCH3 is 2. The molecule has 1 aliphatic carbocycles. The van der Waals surface area contributed by atoms with E-state index in [9.17, 15) is 4.79 Å². The van der Waals surface area contributed by atoms with Gasteiger partial charge < -0.3 is 24.8 Å². The highest BCUT2D eigenvalue weighted by Gasteiger charge is 2.36. The van der Waals surface area contributed by atoms with Crippen LogP contribution in [0.5, 0.6) is 11.5 Å². The Kier molecular flexibility index (Phi) is 5.14. The first-order valence-electron chi connectivity index (χ1n) is 8.51. The fourth-order valence-corrected chi connectivity index (χ4v) is 3.21.